The minimum atomic E-state index is -2.07. The van der Waals surface area contributed by atoms with E-state index in [9.17, 15) is 20.4 Å². The van der Waals surface area contributed by atoms with Gasteiger partial charge in [-0.2, -0.15) is 0 Å². The molecule has 2 aromatic rings. The molecule has 1 saturated heterocycles. The van der Waals surface area contributed by atoms with Crippen LogP contribution in [0.15, 0.2) is 42.5 Å². The second kappa shape index (κ2) is 9.22. The first kappa shape index (κ1) is 19.6. The van der Waals surface area contributed by atoms with Gasteiger partial charge in [0.2, 0.25) is 0 Å². The number of hydrogen-bond acceptors (Lipinski definition) is 6. The predicted octanol–water partition coefficient (Wildman–Crippen LogP) is 1.84. The summed E-state index contributed by atoms with van der Waals surface area (Å²) in [4.78, 5) is 0. The molecule has 0 unspecified atom stereocenters. The first-order chi connectivity index (χ1) is 13.8. The van der Waals surface area contributed by atoms with Crippen LogP contribution in [0.2, 0.25) is 5.02 Å². The molecule has 1 aliphatic rings. The number of halogens is 1. The molecule has 0 aromatic heterocycles. The van der Waals surface area contributed by atoms with Gasteiger partial charge in [-0.05, 0) is 48.2 Å². The van der Waals surface area contributed by atoms with Crippen molar-refractivity contribution in [2.75, 3.05) is 13.2 Å². The molecule has 2 aromatic carbocycles. The van der Waals surface area contributed by atoms with E-state index >= 15 is 0 Å². The molecule has 0 bridgehead atoms. The second-order valence-corrected chi connectivity index (χ2v) is 7.10. The summed E-state index contributed by atoms with van der Waals surface area (Å²) in [7, 11) is 0. The van der Waals surface area contributed by atoms with E-state index in [4.69, 9.17) is 22.4 Å². The minimum absolute atomic E-state index is 0.264. The van der Waals surface area contributed by atoms with Crippen LogP contribution in [-0.4, -0.2) is 58.1 Å². The van der Waals surface area contributed by atoms with Gasteiger partial charge in [-0.15, -0.1) is 0 Å². The normalized spacial score (nSPS) is 30.7. The highest BCUT2D eigenvalue weighted by Gasteiger charge is 2.43. The van der Waals surface area contributed by atoms with Gasteiger partial charge in [0.05, 0.1) is 14.6 Å². The molecule has 0 spiro atoms. The predicted molar refractivity (Wildman–Crippen MR) is 105 cm³/mol. The van der Waals surface area contributed by atoms with Gasteiger partial charge in [-0.3, -0.25) is 0 Å². The molecule has 0 radical (unpaired) electrons. The van der Waals surface area contributed by atoms with E-state index in [0.717, 1.165) is 11.3 Å². The smallest absolute Gasteiger partial charge is 0.119 e. The average molecular weight is 410 g/mol. The number of ether oxygens (including phenoxy) is 2. The Morgan fingerprint density at radius 3 is 2.43 bits per heavy atom. The number of aliphatic hydroxyl groups excluding tert-OH is 4. The Morgan fingerprint density at radius 2 is 1.79 bits per heavy atom. The SMILES string of the molecule is [2H][C@@]1(c2ccc(Cl)c(Cc3ccc(OCC)cc3)c2)O[C@H](CO)[C@@H](O)[C@H](O)[C@H]1O. The zero-order valence-corrected chi connectivity index (χ0v) is 16.2. The third-order valence-electron chi connectivity index (χ3n) is 4.74. The molecule has 7 heteroatoms. The molecule has 1 fully saturated rings. The standard InChI is InChI=1S/C21H25ClO6/c1-2-27-15-6-3-12(4-7-15)9-14-10-13(5-8-16(14)22)21-20(26)19(25)18(24)17(11-23)28-21/h3-8,10,17-21,23-26H,2,9,11H2,1H3/t17-,18-,19+,20-,21+/m1/s1/i21D. The van der Waals surface area contributed by atoms with Crippen molar-refractivity contribution < 1.29 is 31.3 Å². The van der Waals surface area contributed by atoms with Gasteiger partial charge in [-0.1, -0.05) is 35.9 Å². The number of benzene rings is 2. The van der Waals surface area contributed by atoms with Gasteiger partial charge >= 0.3 is 0 Å². The van der Waals surface area contributed by atoms with Crippen LogP contribution in [0.25, 0.3) is 0 Å². The maximum Gasteiger partial charge on any atom is 0.119 e. The summed E-state index contributed by atoms with van der Waals surface area (Å²) in [6.45, 7) is 1.89. The molecule has 6 nitrogen and oxygen atoms in total. The van der Waals surface area contributed by atoms with Crippen molar-refractivity contribution in [1.82, 2.24) is 0 Å². The molecule has 152 valence electrons. The van der Waals surface area contributed by atoms with Gasteiger partial charge in [-0.25, -0.2) is 0 Å². The van der Waals surface area contributed by atoms with Crippen LogP contribution in [0.5, 0.6) is 5.75 Å². The topological polar surface area (TPSA) is 99.4 Å². The Balaban J connectivity index is 1.89. The number of hydrogen-bond donors (Lipinski definition) is 4. The molecule has 3 rings (SSSR count). The van der Waals surface area contributed by atoms with Crippen molar-refractivity contribution in [2.45, 2.75) is 43.8 Å². The van der Waals surface area contributed by atoms with Gasteiger partial charge in [0.1, 0.15) is 36.2 Å². The van der Waals surface area contributed by atoms with E-state index in [1.54, 1.807) is 12.1 Å². The summed E-state index contributed by atoms with van der Waals surface area (Å²) in [6.07, 6.45) is -7.63. The molecule has 1 heterocycles. The van der Waals surface area contributed by atoms with Crippen molar-refractivity contribution in [2.24, 2.45) is 0 Å². The van der Waals surface area contributed by atoms with E-state index in [0.29, 0.717) is 23.6 Å². The van der Waals surface area contributed by atoms with Crippen molar-refractivity contribution in [3.8, 4) is 5.75 Å². The lowest BCUT2D eigenvalue weighted by Crippen LogP contribution is -2.55. The molecule has 0 aliphatic carbocycles. The lowest BCUT2D eigenvalue weighted by atomic mass is 9.90. The van der Waals surface area contributed by atoms with E-state index in [1.807, 2.05) is 31.2 Å². The van der Waals surface area contributed by atoms with Crippen LogP contribution in [0.3, 0.4) is 0 Å². The van der Waals surface area contributed by atoms with Crippen LogP contribution in [0, 0.1) is 0 Å². The fraction of sp³-hybridized carbons (Fsp3) is 0.429. The molecular weight excluding hydrogens is 384 g/mol. The minimum Gasteiger partial charge on any atom is -0.494 e. The molecule has 0 amide bonds. The van der Waals surface area contributed by atoms with E-state index in [-0.39, 0.29) is 5.56 Å². The van der Waals surface area contributed by atoms with Gasteiger partial charge in [0, 0.05) is 5.02 Å². The fourth-order valence-electron chi connectivity index (χ4n) is 3.20. The van der Waals surface area contributed by atoms with Crippen molar-refractivity contribution in [1.29, 1.82) is 0 Å². The molecule has 4 N–H and O–H groups in total. The van der Waals surface area contributed by atoms with E-state index in [1.165, 1.54) is 6.07 Å². The second-order valence-electron chi connectivity index (χ2n) is 6.69. The Morgan fingerprint density at radius 1 is 1.07 bits per heavy atom. The Kier molecular flexibility index (Phi) is 6.47. The van der Waals surface area contributed by atoms with Crippen LogP contribution in [0.4, 0.5) is 0 Å². The summed E-state index contributed by atoms with van der Waals surface area (Å²) < 4.78 is 19.6. The molecule has 5 atom stereocenters. The number of rotatable bonds is 6. The first-order valence-electron chi connectivity index (χ1n) is 9.63. The fourth-order valence-corrected chi connectivity index (χ4v) is 3.39. The van der Waals surface area contributed by atoms with Crippen molar-refractivity contribution in [3.63, 3.8) is 0 Å². The van der Waals surface area contributed by atoms with Crippen LogP contribution < -0.4 is 4.74 Å². The Hall–Kier alpha value is -1.67. The zero-order valence-electron chi connectivity index (χ0n) is 16.5. The average Bonchev–Trinajstić information content (AvgIpc) is 2.72. The van der Waals surface area contributed by atoms with E-state index < -0.39 is 37.1 Å². The van der Waals surface area contributed by atoms with Crippen LogP contribution in [0.1, 0.15) is 31.1 Å². The summed E-state index contributed by atoms with van der Waals surface area (Å²) >= 11 is 6.34. The lowest BCUT2D eigenvalue weighted by molar-refractivity contribution is -0.231. The Bertz CT molecular complexity index is 830. The van der Waals surface area contributed by atoms with Crippen molar-refractivity contribution >= 4 is 11.6 Å². The highest BCUT2D eigenvalue weighted by molar-refractivity contribution is 6.31. The van der Waals surface area contributed by atoms with Gasteiger partial charge < -0.3 is 29.9 Å². The first-order valence-corrected chi connectivity index (χ1v) is 9.51. The van der Waals surface area contributed by atoms with Crippen LogP contribution in [-0.2, 0) is 11.2 Å². The highest BCUT2D eigenvalue weighted by Crippen LogP contribution is 2.34. The Labute approximate surface area is 170 Å². The molecule has 28 heavy (non-hydrogen) atoms. The van der Waals surface area contributed by atoms with Gasteiger partial charge in [0.15, 0.2) is 0 Å². The summed E-state index contributed by atoms with van der Waals surface area (Å²) in [5, 5.41) is 40.4. The monoisotopic (exact) mass is 409 g/mol. The largest absolute Gasteiger partial charge is 0.494 e. The summed E-state index contributed by atoms with van der Waals surface area (Å²) in [6, 6.07) is 12.3. The van der Waals surface area contributed by atoms with Crippen LogP contribution >= 0.6 is 11.6 Å². The highest BCUT2D eigenvalue weighted by atomic mass is 35.5. The van der Waals surface area contributed by atoms with Gasteiger partial charge in [0.25, 0.3) is 0 Å². The third-order valence-corrected chi connectivity index (χ3v) is 5.11. The van der Waals surface area contributed by atoms with E-state index in [2.05, 4.69) is 0 Å². The molecular formula is C21H25ClO6. The molecule has 1 aliphatic heterocycles. The maximum absolute atomic E-state index is 10.4. The summed E-state index contributed by atoms with van der Waals surface area (Å²) in [5.74, 6) is 0.766. The maximum atomic E-state index is 10.4. The summed E-state index contributed by atoms with van der Waals surface area (Å²) in [5.41, 5.74) is 1.94. The zero-order chi connectivity index (χ0) is 21.2. The molecule has 0 saturated carbocycles. The quantitative estimate of drug-likeness (QED) is 0.581. The third kappa shape index (κ3) is 4.49. The van der Waals surface area contributed by atoms with Crippen molar-refractivity contribution in [3.05, 3.63) is 64.2 Å². The number of aliphatic hydroxyl groups is 4. The lowest BCUT2D eigenvalue weighted by Gasteiger charge is -2.40.